The molecule has 1 saturated heterocycles. The maximum atomic E-state index is 13.2. The molecule has 0 bridgehead atoms. The first-order chi connectivity index (χ1) is 15.5. The second kappa shape index (κ2) is 9.26. The number of hydrogen-bond donors (Lipinski definition) is 1. The Kier molecular flexibility index (Phi) is 6.25. The molecule has 1 N–H and O–H groups in total. The zero-order valence-corrected chi connectivity index (χ0v) is 18.4. The fourth-order valence-corrected chi connectivity index (χ4v) is 4.25. The zero-order chi connectivity index (χ0) is 22.6. The molecule has 0 saturated carbocycles. The van der Waals surface area contributed by atoms with Gasteiger partial charge < -0.3 is 10.2 Å². The van der Waals surface area contributed by atoms with Crippen LogP contribution in [0.1, 0.15) is 35.1 Å². The zero-order valence-electron chi connectivity index (χ0n) is 18.4. The summed E-state index contributed by atoms with van der Waals surface area (Å²) in [6, 6.07) is 12.1. The average molecular weight is 430 g/mol. The molecule has 32 heavy (non-hydrogen) atoms. The summed E-state index contributed by atoms with van der Waals surface area (Å²) in [4.78, 5) is 40.5. The van der Waals surface area contributed by atoms with E-state index in [9.17, 15) is 9.59 Å². The Bertz CT molecular complexity index is 1100. The Morgan fingerprint density at radius 1 is 1.09 bits per heavy atom. The summed E-state index contributed by atoms with van der Waals surface area (Å²) in [6.07, 6.45) is 7.82. The lowest BCUT2D eigenvalue weighted by Gasteiger charge is -2.28. The highest BCUT2D eigenvalue weighted by Gasteiger charge is 2.46. The number of nitrogens with zero attached hydrogens (tertiary/aromatic N) is 4. The van der Waals surface area contributed by atoms with E-state index in [0.29, 0.717) is 38.2 Å². The molecule has 1 fully saturated rings. The van der Waals surface area contributed by atoms with Crippen molar-refractivity contribution in [2.75, 3.05) is 19.6 Å². The number of aryl methyl sites for hydroxylation is 1. The van der Waals surface area contributed by atoms with Crippen LogP contribution in [0.5, 0.6) is 0 Å². The van der Waals surface area contributed by atoms with E-state index in [1.165, 1.54) is 6.20 Å². The lowest BCUT2D eigenvalue weighted by atomic mass is 9.79. The lowest BCUT2D eigenvalue weighted by Crippen LogP contribution is -2.45. The van der Waals surface area contributed by atoms with Gasteiger partial charge in [-0.1, -0.05) is 30.3 Å². The van der Waals surface area contributed by atoms with Gasteiger partial charge in [-0.3, -0.25) is 19.6 Å². The van der Waals surface area contributed by atoms with Crippen LogP contribution in [0.15, 0.2) is 61.2 Å². The lowest BCUT2D eigenvalue weighted by molar-refractivity contribution is -0.130. The van der Waals surface area contributed by atoms with Gasteiger partial charge in [-0.15, -0.1) is 0 Å². The number of amides is 2. The van der Waals surface area contributed by atoms with Gasteiger partial charge >= 0.3 is 0 Å². The molecule has 1 aromatic carbocycles. The van der Waals surface area contributed by atoms with Gasteiger partial charge in [-0.05, 0) is 49.4 Å². The number of rotatable bonds is 6. The number of carbonyl (C=O) groups excluding carboxylic acids is 2. The molecular weight excluding hydrogens is 402 g/mol. The van der Waals surface area contributed by atoms with Crippen LogP contribution in [0.3, 0.4) is 0 Å². The Morgan fingerprint density at radius 2 is 1.94 bits per heavy atom. The number of likely N-dealkylation sites (tertiary alicyclic amines) is 1. The average Bonchev–Trinajstić information content (AvgIpc) is 3.25. The van der Waals surface area contributed by atoms with Crippen molar-refractivity contribution in [1.29, 1.82) is 0 Å². The van der Waals surface area contributed by atoms with E-state index in [-0.39, 0.29) is 11.8 Å². The summed E-state index contributed by atoms with van der Waals surface area (Å²) in [5.74, 6) is -0.204. The minimum atomic E-state index is -0.683. The summed E-state index contributed by atoms with van der Waals surface area (Å²) >= 11 is 0. The molecule has 7 nitrogen and oxygen atoms in total. The Labute approximate surface area is 187 Å². The van der Waals surface area contributed by atoms with Crippen molar-refractivity contribution in [2.24, 2.45) is 5.41 Å². The second-order valence-electron chi connectivity index (χ2n) is 8.28. The second-order valence-corrected chi connectivity index (χ2v) is 8.28. The van der Waals surface area contributed by atoms with Crippen LogP contribution in [0.2, 0.25) is 0 Å². The molecule has 1 aliphatic rings. The van der Waals surface area contributed by atoms with Crippen molar-refractivity contribution in [1.82, 2.24) is 25.2 Å². The van der Waals surface area contributed by atoms with Crippen LogP contribution in [0.25, 0.3) is 11.1 Å². The number of benzene rings is 1. The highest BCUT2D eigenvalue weighted by Crippen LogP contribution is 2.36. The van der Waals surface area contributed by atoms with E-state index in [1.54, 1.807) is 17.3 Å². The number of nitrogens with one attached hydrogen (secondary N) is 1. The molecule has 0 aliphatic carbocycles. The molecule has 4 rings (SSSR count). The third-order valence-electron chi connectivity index (χ3n) is 5.92. The predicted molar refractivity (Wildman–Crippen MR) is 122 cm³/mol. The van der Waals surface area contributed by atoms with E-state index in [0.717, 1.165) is 22.4 Å². The summed E-state index contributed by atoms with van der Waals surface area (Å²) in [6.45, 7) is 5.15. The number of hydrogen-bond acceptors (Lipinski definition) is 5. The monoisotopic (exact) mass is 429 g/mol. The Balaban J connectivity index is 1.59. The summed E-state index contributed by atoms with van der Waals surface area (Å²) < 4.78 is 0. The van der Waals surface area contributed by atoms with Crippen molar-refractivity contribution < 1.29 is 9.59 Å². The Morgan fingerprint density at radius 3 is 2.66 bits per heavy atom. The molecule has 0 spiro atoms. The first kappa shape index (κ1) is 21.6. The van der Waals surface area contributed by atoms with E-state index in [1.807, 2.05) is 50.4 Å². The third kappa shape index (κ3) is 4.51. The van der Waals surface area contributed by atoms with Gasteiger partial charge in [0.2, 0.25) is 5.91 Å². The molecule has 2 amide bonds. The van der Waals surface area contributed by atoms with Gasteiger partial charge in [-0.25, -0.2) is 4.98 Å². The predicted octanol–water partition coefficient (Wildman–Crippen LogP) is 3.06. The molecule has 164 valence electrons. The quantitative estimate of drug-likeness (QED) is 0.651. The Hall–Kier alpha value is -3.61. The molecular formula is C25H27N5O2. The maximum absolute atomic E-state index is 13.2. The molecule has 7 heteroatoms. The standard InChI is InChI=1S/C25H27N5O2/c1-3-27-24(32)25(9-11-30(17-25)23(31)22-16-28-18(2)14-29-22)13-19-6-4-7-20(12-19)21-8-5-10-26-15-21/h4-8,10,12,14-16H,3,9,11,13,17H2,1-2H3,(H,27,32)/t25-/m1/s1. The first-order valence-electron chi connectivity index (χ1n) is 10.9. The minimum absolute atomic E-state index is 0.0166. The summed E-state index contributed by atoms with van der Waals surface area (Å²) in [7, 11) is 0. The molecule has 3 heterocycles. The van der Waals surface area contributed by atoms with E-state index in [4.69, 9.17) is 0 Å². The van der Waals surface area contributed by atoms with Crippen molar-refractivity contribution >= 4 is 11.8 Å². The van der Waals surface area contributed by atoms with Crippen LogP contribution < -0.4 is 5.32 Å². The molecule has 1 atom stereocenters. The smallest absolute Gasteiger partial charge is 0.274 e. The van der Waals surface area contributed by atoms with Gasteiger partial charge in [0.05, 0.1) is 17.3 Å². The van der Waals surface area contributed by atoms with E-state index >= 15 is 0 Å². The maximum Gasteiger partial charge on any atom is 0.274 e. The van der Waals surface area contributed by atoms with Crippen LogP contribution in [-0.2, 0) is 11.2 Å². The highest BCUT2D eigenvalue weighted by molar-refractivity contribution is 5.93. The molecule has 0 radical (unpaired) electrons. The number of aromatic nitrogens is 3. The first-order valence-corrected chi connectivity index (χ1v) is 10.9. The van der Waals surface area contributed by atoms with Crippen LogP contribution in [0.4, 0.5) is 0 Å². The van der Waals surface area contributed by atoms with Crippen molar-refractivity contribution in [3.63, 3.8) is 0 Å². The van der Waals surface area contributed by atoms with Crippen LogP contribution in [0, 0.1) is 12.3 Å². The molecule has 2 aromatic heterocycles. The van der Waals surface area contributed by atoms with E-state index < -0.39 is 5.41 Å². The fourth-order valence-electron chi connectivity index (χ4n) is 4.25. The molecule has 0 unspecified atom stereocenters. The molecule has 1 aliphatic heterocycles. The number of carbonyl (C=O) groups is 2. The minimum Gasteiger partial charge on any atom is -0.356 e. The third-order valence-corrected chi connectivity index (χ3v) is 5.92. The SMILES string of the molecule is CCNC(=O)[C@@]1(Cc2cccc(-c3cccnc3)c2)CCN(C(=O)c2cnc(C)cn2)C1. The van der Waals surface area contributed by atoms with Gasteiger partial charge in [0.15, 0.2) is 0 Å². The molecule has 3 aromatic rings. The fraction of sp³-hybridized carbons (Fsp3) is 0.320. The summed E-state index contributed by atoms with van der Waals surface area (Å²) in [5, 5.41) is 2.99. The van der Waals surface area contributed by atoms with Gasteiger partial charge in [-0.2, -0.15) is 0 Å². The summed E-state index contributed by atoms with van der Waals surface area (Å²) in [5.41, 5.74) is 3.53. The van der Waals surface area contributed by atoms with Gasteiger partial charge in [0, 0.05) is 38.2 Å². The normalized spacial score (nSPS) is 17.9. The van der Waals surface area contributed by atoms with Crippen molar-refractivity contribution in [3.05, 3.63) is 78.1 Å². The van der Waals surface area contributed by atoms with Crippen LogP contribution >= 0.6 is 0 Å². The van der Waals surface area contributed by atoms with E-state index in [2.05, 4.69) is 26.3 Å². The van der Waals surface area contributed by atoms with Gasteiger partial charge in [0.1, 0.15) is 5.69 Å². The topological polar surface area (TPSA) is 88.1 Å². The van der Waals surface area contributed by atoms with Crippen LogP contribution in [-0.4, -0.2) is 51.3 Å². The largest absolute Gasteiger partial charge is 0.356 e. The van der Waals surface area contributed by atoms with Crippen molar-refractivity contribution in [2.45, 2.75) is 26.7 Å². The van der Waals surface area contributed by atoms with Crippen molar-refractivity contribution in [3.8, 4) is 11.1 Å². The highest BCUT2D eigenvalue weighted by atomic mass is 16.2. The van der Waals surface area contributed by atoms with Gasteiger partial charge in [0.25, 0.3) is 5.91 Å². The number of pyridine rings is 1.